The van der Waals surface area contributed by atoms with Gasteiger partial charge in [-0.05, 0) is 31.9 Å². The molecule has 1 rings (SSSR count). The molecule has 1 N–H and O–H groups in total. The van der Waals surface area contributed by atoms with E-state index in [4.69, 9.17) is 4.42 Å². The summed E-state index contributed by atoms with van der Waals surface area (Å²) >= 11 is 0. The number of hydrogen-bond donors (Lipinski definition) is 1. The van der Waals surface area contributed by atoms with Crippen molar-refractivity contribution >= 4 is 0 Å². The van der Waals surface area contributed by atoms with Crippen molar-refractivity contribution in [3.63, 3.8) is 0 Å². The van der Waals surface area contributed by atoms with Crippen LogP contribution < -0.4 is 5.32 Å². The van der Waals surface area contributed by atoms with Crippen LogP contribution in [0.4, 0.5) is 0 Å². The average molecular weight is 279 g/mol. The Balaban J connectivity index is 2.32. The zero-order valence-electron chi connectivity index (χ0n) is 13.7. The Morgan fingerprint density at radius 2 is 1.70 bits per heavy atom. The van der Waals surface area contributed by atoms with Crippen molar-refractivity contribution in [1.82, 2.24) is 5.32 Å². The third-order valence-corrected chi connectivity index (χ3v) is 3.92. The van der Waals surface area contributed by atoms with Crippen LogP contribution in [0, 0.1) is 0 Å². The number of unbranched alkanes of at least 4 members (excludes halogenated alkanes) is 4. The quantitative estimate of drug-likeness (QED) is 0.523. The van der Waals surface area contributed by atoms with Gasteiger partial charge in [-0.25, -0.2) is 0 Å². The van der Waals surface area contributed by atoms with Gasteiger partial charge in [0.2, 0.25) is 0 Å². The summed E-state index contributed by atoms with van der Waals surface area (Å²) in [6.45, 7) is 6.83. The molecule has 1 aromatic heterocycles. The number of furan rings is 1. The van der Waals surface area contributed by atoms with E-state index >= 15 is 0 Å². The zero-order valence-corrected chi connectivity index (χ0v) is 13.7. The zero-order chi connectivity index (χ0) is 14.6. The highest BCUT2D eigenvalue weighted by Gasteiger charge is 2.13. The molecule has 0 aliphatic carbocycles. The first-order valence-corrected chi connectivity index (χ1v) is 8.54. The van der Waals surface area contributed by atoms with Crippen molar-refractivity contribution in [2.75, 3.05) is 0 Å². The van der Waals surface area contributed by atoms with Crippen LogP contribution in [-0.2, 0) is 6.42 Å². The molecule has 1 heterocycles. The molecule has 116 valence electrons. The van der Waals surface area contributed by atoms with Gasteiger partial charge in [0.1, 0.15) is 5.76 Å². The molecule has 1 aromatic rings. The Hall–Kier alpha value is -0.760. The molecule has 20 heavy (non-hydrogen) atoms. The fourth-order valence-electron chi connectivity index (χ4n) is 2.78. The first kappa shape index (κ1) is 17.3. The molecule has 0 saturated carbocycles. The van der Waals surface area contributed by atoms with Gasteiger partial charge in [0, 0.05) is 18.5 Å². The van der Waals surface area contributed by atoms with E-state index in [9.17, 15) is 0 Å². The molecule has 0 saturated heterocycles. The molecule has 2 heteroatoms. The summed E-state index contributed by atoms with van der Waals surface area (Å²) in [5, 5.41) is 3.81. The second-order valence-electron chi connectivity index (χ2n) is 6.04. The first-order valence-electron chi connectivity index (χ1n) is 8.54. The molecule has 0 aromatic carbocycles. The Bertz CT molecular complexity index is 297. The van der Waals surface area contributed by atoms with Crippen LogP contribution in [0.1, 0.15) is 77.9 Å². The second-order valence-corrected chi connectivity index (χ2v) is 6.04. The molecule has 0 amide bonds. The molecule has 1 unspecified atom stereocenters. The summed E-state index contributed by atoms with van der Waals surface area (Å²) in [5.41, 5.74) is 0. The van der Waals surface area contributed by atoms with E-state index in [1.54, 1.807) is 6.26 Å². The van der Waals surface area contributed by atoms with E-state index in [1.165, 1.54) is 51.4 Å². The summed E-state index contributed by atoms with van der Waals surface area (Å²) in [7, 11) is 0. The van der Waals surface area contributed by atoms with Gasteiger partial charge >= 0.3 is 0 Å². The molecule has 0 spiro atoms. The average Bonchev–Trinajstić information content (AvgIpc) is 2.91. The molecule has 0 radical (unpaired) electrons. The summed E-state index contributed by atoms with van der Waals surface area (Å²) in [4.78, 5) is 0. The van der Waals surface area contributed by atoms with E-state index < -0.39 is 0 Å². The fourth-order valence-corrected chi connectivity index (χ4v) is 2.78. The molecule has 0 aliphatic heterocycles. The topological polar surface area (TPSA) is 25.2 Å². The minimum atomic E-state index is 0.495. The van der Waals surface area contributed by atoms with Gasteiger partial charge in [-0.15, -0.1) is 0 Å². The normalized spacial score (nSPS) is 13.0. The molecular weight excluding hydrogens is 246 g/mol. The van der Waals surface area contributed by atoms with Gasteiger partial charge in [0.25, 0.3) is 0 Å². The lowest BCUT2D eigenvalue weighted by molar-refractivity contribution is 0.365. The minimum Gasteiger partial charge on any atom is -0.469 e. The Kier molecular flexibility index (Phi) is 9.48. The summed E-state index contributed by atoms with van der Waals surface area (Å²) in [6, 6.07) is 5.22. The Morgan fingerprint density at radius 3 is 2.20 bits per heavy atom. The maximum absolute atomic E-state index is 5.44. The summed E-state index contributed by atoms with van der Waals surface area (Å²) in [6.07, 6.45) is 13.4. The van der Waals surface area contributed by atoms with Gasteiger partial charge in [-0.3, -0.25) is 0 Å². The summed E-state index contributed by atoms with van der Waals surface area (Å²) in [5.74, 6) is 1.09. The van der Waals surface area contributed by atoms with Crippen LogP contribution in [0.25, 0.3) is 0 Å². The number of rotatable bonds is 12. The van der Waals surface area contributed by atoms with Crippen LogP contribution >= 0.6 is 0 Å². The highest BCUT2D eigenvalue weighted by Crippen LogP contribution is 2.13. The van der Waals surface area contributed by atoms with E-state index in [-0.39, 0.29) is 0 Å². The first-order chi connectivity index (χ1) is 9.76. The lowest BCUT2D eigenvalue weighted by Crippen LogP contribution is -2.37. The molecule has 0 bridgehead atoms. The van der Waals surface area contributed by atoms with Gasteiger partial charge in [0.05, 0.1) is 6.26 Å². The van der Waals surface area contributed by atoms with Crippen molar-refractivity contribution in [2.24, 2.45) is 0 Å². The van der Waals surface area contributed by atoms with E-state index in [0.29, 0.717) is 12.1 Å². The highest BCUT2D eigenvalue weighted by atomic mass is 16.3. The van der Waals surface area contributed by atoms with E-state index in [0.717, 1.165) is 12.2 Å². The van der Waals surface area contributed by atoms with E-state index in [1.807, 2.05) is 6.07 Å². The maximum Gasteiger partial charge on any atom is 0.105 e. The fraction of sp³-hybridized carbons (Fsp3) is 0.778. The maximum atomic E-state index is 5.44. The third-order valence-electron chi connectivity index (χ3n) is 3.92. The van der Waals surface area contributed by atoms with Crippen LogP contribution in [0.5, 0.6) is 0 Å². The van der Waals surface area contributed by atoms with Gasteiger partial charge < -0.3 is 9.73 Å². The smallest absolute Gasteiger partial charge is 0.105 e. The minimum absolute atomic E-state index is 0.495. The van der Waals surface area contributed by atoms with Crippen LogP contribution in [0.2, 0.25) is 0 Å². The monoisotopic (exact) mass is 279 g/mol. The summed E-state index contributed by atoms with van der Waals surface area (Å²) < 4.78 is 5.44. The molecule has 2 nitrogen and oxygen atoms in total. The lowest BCUT2D eigenvalue weighted by atomic mass is 10.0. The highest BCUT2D eigenvalue weighted by molar-refractivity contribution is 5.00. The lowest BCUT2D eigenvalue weighted by Gasteiger charge is -2.23. The van der Waals surface area contributed by atoms with Gasteiger partial charge in [-0.2, -0.15) is 0 Å². The number of nitrogens with one attached hydrogen (secondary N) is 1. The van der Waals surface area contributed by atoms with E-state index in [2.05, 4.69) is 32.2 Å². The Labute approximate surface area is 125 Å². The molecule has 0 fully saturated rings. The van der Waals surface area contributed by atoms with Crippen molar-refractivity contribution in [2.45, 2.75) is 90.6 Å². The van der Waals surface area contributed by atoms with Crippen molar-refractivity contribution in [1.29, 1.82) is 0 Å². The second kappa shape index (κ2) is 11.0. The Morgan fingerprint density at radius 1 is 1.05 bits per heavy atom. The van der Waals surface area contributed by atoms with Crippen molar-refractivity contribution in [3.05, 3.63) is 24.2 Å². The third kappa shape index (κ3) is 7.74. The standard InChI is InChI=1S/C18H33NO/c1-4-6-8-11-17(12-9-7-5-2)19-16(3)15-18-13-10-14-20-18/h10,13-14,16-17,19H,4-9,11-12,15H2,1-3H3. The predicted molar refractivity (Wildman–Crippen MR) is 87.1 cm³/mol. The molecule has 0 aliphatic rings. The van der Waals surface area contributed by atoms with Gasteiger partial charge in [-0.1, -0.05) is 52.4 Å². The van der Waals surface area contributed by atoms with Crippen molar-refractivity contribution in [3.8, 4) is 0 Å². The van der Waals surface area contributed by atoms with Crippen molar-refractivity contribution < 1.29 is 4.42 Å². The largest absolute Gasteiger partial charge is 0.469 e. The molecular formula is C18H33NO. The number of hydrogen-bond acceptors (Lipinski definition) is 2. The predicted octanol–water partition coefficient (Wildman–Crippen LogP) is 5.33. The van der Waals surface area contributed by atoms with Gasteiger partial charge in [0.15, 0.2) is 0 Å². The molecule has 1 atom stereocenters. The van der Waals surface area contributed by atoms with Crippen LogP contribution in [0.3, 0.4) is 0 Å². The SMILES string of the molecule is CCCCCC(CCCCC)NC(C)Cc1ccco1. The van der Waals surface area contributed by atoms with Crippen LogP contribution in [-0.4, -0.2) is 12.1 Å². The van der Waals surface area contributed by atoms with Crippen LogP contribution in [0.15, 0.2) is 22.8 Å².